The van der Waals surface area contributed by atoms with Crippen molar-refractivity contribution in [3.05, 3.63) is 69.6 Å². The number of hydrogen-bond acceptors (Lipinski definition) is 4. The Balaban J connectivity index is 1.55. The van der Waals surface area contributed by atoms with Gasteiger partial charge in [-0.15, -0.1) is 0 Å². The van der Waals surface area contributed by atoms with Gasteiger partial charge in [-0.2, -0.15) is 0 Å². The molecule has 2 aliphatic rings. The monoisotopic (exact) mass is 493 g/mol. The van der Waals surface area contributed by atoms with Crippen molar-refractivity contribution < 1.29 is 14.3 Å². The SMILES string of the molecule is CN(CCc1ccccc1)C(=O)c1cn(C[C@@H]2CCCO2)cc(C(=O)NC2CCCCCCC2)c1=O. The number of hydrogen-bond donors (Lipinski definition) is 1. The molecule has 0 spiro atoms. The fraction of sp³-hybridized carbons (Fsp3) is 0.552. The lowest BCUT2D eigenvalue weighted by molar-refractivity contribution is 0.0791. The predicted molar refractivity (Wildman–Crippen MR) is 140 cm³/mol. The highest BCUT2D eigenvalue weighted by Gasteiger charge is 2.25. The largest absolute Gasteiger partial charge is 0.376 e. The molecule has 36 heavy (non-hydrogen) atoms. The summed E-state index contributed by atoms with van der Waals surface area (Å²) in [4.78, 5) is 41.7. The topological polar surface area (TPSA) is 80.6 Å². The Bertz CT molecular complexity index is 1070. The van der Waals surface area contributed by atoms with Gasteiger partial charge in [0, 0.05) is 45.2 Å². The number of likely N-dealkylation sites (N-methyl/N-ethyl adjacent to an activating group) is 1. The molecule has 7 nitrogen and oxygen atoms in total. The fourth-order valence-corrected chi connectivity index (χ4v) is 5.19. The minimum absolute atomic E-state index is 0.0211. The molecule has 4 rings (SSSR count). The molecule has 7 heteroatoms. The van der Waals surface area contributed by atoms with Crippen LogP contribution in [0, 0.1) is 0 Å². The molecule has 1 aliphatic carbocycles. The molecule has 1 aromatic carbocycles. The highest BCUT2D eigenvalue weighted by Crippen LogP contribution is 2.18. The molecule has 1 saturated heterocycles. The predicted octanol–water partition coefficient (Wildman–Crippen LogP) is 4.18. The first-order chi connectivity index (χ1) is 17.5. The number of pyridine rings is 1. The summed E-state index contributed by atoms with van der Waals surface area (Å²) >= 11 is 0. The summed E-state index contributed by atoms with van der Waals surface area (Å²) in [6.07, 6.45) is 13.5. The molecule has 2 heterocycles. The van der Waals surface area contributed by atoms with E-state index in [2.05, 4.69) is 5.32 Å². The zero-order valence-electron chi connectivity index (χ0n) is 21.4. The Labute approximate surface area is 213 Å². The van der Waals surface area contributed by atoms with Crippen LogP contribution in [0.25, 0.3) is 0 Å². The van der Waals surface area contributed by atoms with Gasteiger partial charge in [0.1, 0.15) is 11.1 Å². The van der Waals surface area contributed by atoms with Crippen LogP contribution in [0.5, 0.6) is 0 Å². The lowest BCUT2D eigenvalue weighted by atomic mass is 9.96. The lowest BCUT2D eigenvalue weighted by Crippen LogP contribution is -2.40. The summed E-state index contributed by atoms with van der Waals surface area (Å²) in [6, 6.07) is 10.0. The Morgan fingerprint density at radius 3 is 2.36 bits per heavy atom. The average Bonchev–Trinajstić information content (AvgIpc) is 3.38. The summed E-state index contributed by atoms with van der Waals surface area (Å²) in [6.45, 7) is 1.71. The van der Waals surface area contributed by atoms with Crippen molar-refractivity contribution in [1.29, 1.82) is 0 Å². The second-order valence-corrected chi connectivity index (χ2v) is 10.2. The molecular weight excluding hydrogens is 454 g/mol. The first-order valence-corrected chi connectivity index (χ1v) is 13.5. The van der Waals surface area contributed by atoms with Crippen LogP contribution in [-0.4, -0.2) is 53.6 Å². The average molecular weight is 494 g/mol. The Hall–Kier alpha value is -2.93. The van der Waals surface area contributed by atoms with Crippen molar-refractivity contribution in [1.82, 2.24) is 14.8 Å². The Morgan fingerprint density at radius 2 is 1.67 bits per heavy atom. The molecule has 2 amide bonds. The fourth-order valence-electron chi connectivity index (χ4n) is 5.19. The molecule has 2 fully saturated rings. The van der Waals surface area contributed by atoms with Crippen molar-refractivity contribution in [2.45, 2.75) is 82.9 Å². The number of nitrogens with zero attached hydrogens (tertiary/aromatic N) is 2. The van der Waals surface area contributed by atoms with Crippen LogP contribution in [0.15, 0.2) is 47.5 Å². The van der Waals surface area contributed by atoms with E-state index >= 15 is 0 Å². The van der Waals surface area contributed by atoms with Gasteiger partial charge in [0.05, 0.1) is 6.10 Å². The van der Waals surface area contributed by atoms with Crippen LogP contribution >= 0.6 is 0 Å². The van der Waals surface area contributed by atoms with E-state index in [9.17, 15) is 14.4 Å². The number of aromatic nitrogens is 1. The van der Waals surface area contributed by atoms with Crippen LogP contribution in [0.1, 0.15) is 84.1 Å². The van der Waals surface area contributed by atoms with Gasteiger partial charge in [0.15, 0.2) is 0 Å². The number of ether oxygens (including phenoxy) is 1. The molecule has 1 saturated carbocycles. The maximum atomic E-state index is 13.4. The van der Waals surface area contributed by atoms with E-state index in [4.69, 9.17) is 4.74 Å². The van der Waals surface area contributed by atoms with Crippen LogP contribution in [0.3, 0.4) is 0 Å². The quantitative estimate of drug-likeness (QED) is 0.598. The molecule has 1 aliphatic heterocycles. The highest BCUT2D eigenvalue weighted by atomic mass is 16.5. The van der Waals surface area contributed by atoms with Gasteiger partial charge >= 0.3 is 0 Å². The van der Waals surface area contributed by atoms with E-state index in [1.165, 1.54) is 19.3 Å². The number of carbonyl (C=O) groups excluding carboxylic acids is 2. The van der Waals surface area contributed by atoms with Crippen LogP contribution in [0.2, 0.25) is 0 Å². The molecule has 0 unspecified atom stereocenters. The second-order valence-electron chi connectivity index (χ2n) is 10.2. The number of rotatable bonds is 8. The molecule has 2 aromatic rings. The van der Waals surface area contributed by atoms with Gasteiger partial charge in [0.2, 0.25) is 5.43 Å². The number of nitrogens with one attached hydrogen (secondary N) is 1. The zero-order chi connectivity index (χ0) is 25.3. The van der Waals surface area contributed by atoms with E-state index in [-0.39, 0.29) is 35.1 Å². The maximum Gasteiger partial charge on any atom is 0.259 e. The van der Waals surface area contributed by atoms with Gasteiger partial charge < -0.3 is 19.5 Å². The second kappa shape index (κ2) is 12.9. The van der Waals surface area contributed by atoms with Gasteiger partial charge in [-0.25, -0.2) is 0 Å². The maximum absolute atomic E-state index is 13.4. The highest BCUT2D eigenvalue weighted by molar-refractivity contribution is 5.99. The third-order valence-electron chi connectivity index (χ3n) is 7.36. The molecule has 0 radical (unpaired) electrons. The minimum Gasteiger partial charge on any atom is -0.376 e. The van der Waals surface area contributed by atoms with Gasteiger partial charge in [-0.05, 0) is 37.7 Å². The van der Waals surface area contributed by atoms with Gasteiger partial charge in [-0.1, -0.05) is 62.4 Å². The smallest absolute Gasteiger partial charge is 0.259 e. The normalized spacial score (nSPS) is 18.9. The Kier molecular flexibility index (Phi) is 9.34. The minimum atomic E-state index is -0.501. The number of carbonyl (C=O) groups is 2. The molecular formula is C29H39N3O4. The summed E-state index contributed by atoms with van der Waals surface area (Å²) < 4.78 is 7.57. The Morgan fingerprint density at radius 1 is 0.972 bits per heavy atom. The summed E-state index contributed by atoms with van der Waals surface area (Å²) in [5.74, 6) is -0.745. The van der Waals surface area contributed by atoms with E-state index in [0.717, 1.165) is 44.1 Å². The van der Waals surface area contributed by atoms with Crippen LogP contribution < -0.4 is 10.7 Å². The van der Waals surface area contributed by atoms with Crippen molar-refractivity contribution in [2.24, 2.45) is 0 Å². The molecule has 0 bridgehead atoms. The first kappa shape index (κ1) is 26.1. The van der Waals surface area contributed by atoms with Crippen LogP contribution in [0.4, 0.5) is 0 Å². The standard InChI is InChI=1S/C29H39N3O4/c1-31(17-16-22-11-6-5-7-12-22)29(35)26-21-32(19-24-15-10-18-36-24)20-25(27(26)33)28(34)30-23-13-8-3-2-4-9-14-23/h5-7,11-12,20-21,23-24H,2-4,8-10,13-19H2,1H3,(H,30,34)/t24-/m0/s1. The zero-order valence-corrected chi connectivity index (χ0v) is 21.4. The third kappa shape index (κ3) is 7.06. The number of amides is 2. The molecule has 1 aromatic heterocycles. The van der Waals surface area contributed by atoms with Crippen molar-refractivity contribution in [3.63, 3.8) is 0 Å². The third-order valence-corrected chi connectivity index (χ3v) is 7.36. The van der Waals surface area contributed by atoms with E-state index in [1.54, 1.807) is 28.9 Å². The van der Waals surface area contributed by atoms with E-state index < -0.39 is 5.43 Å². The van der Waals surface area contributed by atoms with E-state index in [0.29, 0.717) is 26.1 Å². The molecule has 1 atom stereocenters. The first-order valence-electron chi connectivity index (χ1n) is 13.5. The summed E-state index contributed by atoms with van der Waals surface area (Å²) in [5, 5.41) is 3.10. The summed E-state index contributed by atoms with van der Waals surface area (Å²) in [5.41, 5.74) is 0.699. The van der Waals surface area contributed by atoms with E-state index in [1.807, 2.05) is 30.3 Å². The number of benzene rings is 1. The lowest BCUT2D eigenvalue weighted by Gasteiger charge is -2.22. The van der Waals surface area contributed by atoms with Crippen molar-refractivity contribution in [2.75, 3.05) is 20.2 Å². The van der Waals surface area contributed by atoms with Gasteiger partial charge in [0.25, 0.3) is 11.8 Å². The van der Waals surface area contributed by atoms with Crippen molar-refractivity contribution in [3.8, 4) is 0 Å². The van der Waals surface area contributed by atoms with Gasteiger partial charge in [-0.3, -0.25) is 14.4 Å². The molecule has 194 valence electrons. The van der Waals surface area contributed by atoms with Crippen LogP contribution in [-0.2, 0) is 17.7 Å². The summed E-state index contributed by atoms with van der Waals surface area (Å²) in [7, 11) is 1.70. The molecule has 1 N–H and O–H groups in total. The van der Waals surface area contributed by atoms with Crippen molar-refractivity contribution >= 4 is 11.8 Å².